The van der Waals surface area contributed by atoms with Crippen LogP contribution in [0.15, 0.2) is 0 Å². The van der Waals surface area contributed by atoms with E-state index in [1.807, 2.05) is 0 Å². The summed E-state index contributed by atoms with van der Waals surface area (Å²) in [6.45, 7) is -0.900. The highest BCUT2D eigenvalue weighted by molar-refractivity contribution is 7.44. The Hall–Kier alpha value is -0.476. The minimum atomic E-state index is -9.14. The Kier molecular flexibility index (Phi) is 5.19. The lowest BCUT2D eigenvalue weighted by atomic mass is 11.4. The first kappa shape index (κ1) is 20.5. The molecular weight excluding hydrogens is 375 g/mol. The largest absolute Gasteiger partial charge is 0.425 e. The molecule has 0 unspecified atom stereocenters. The van der Waals surface area contributed by atoms with Crippen LogP contribution in [-0.4, -0.2) is 44.7 Å². The van der Waals surface area contributed by atoms with E-state index in [-0.39, 0.29) is 0 Å². The van der Waals surface area contributed by atoms with E-state index in [1.165, 1.54) is 0 Å². The number of halogens is 13. The van der Waals surface area contributed by atoms with Gasteiger partial charge in [0.1, 0.15) is 0 Å². The van der Waals surface area contributed by atoms with Crippen LogP contribution in [0.2, 0.25) is 6.55 Å². The van der Waals surface area contributed by atoms with Crippen molar-refractivity contribution < 1.29 is 57.1 Å². The third-order valence-electron chi connectivity index (χ3n) is 2.99. The molecule has 0 fully saturated rings. The summed E-state index contributed by atoms with van der Waals surface area (Å²) in [5.41, 5.74) is 0. The lowest BCUT2D eigenvalue weighted by Crippen LogP contribution is -2.89. The van der Waals surface area contributed by atoms with E-state index in [2.05, 4.69) is 0 Å². The minimum Gasteiger partial charge on any atom is -0.216 e. The molecule has 21 heavy (non-hydrogen) atoms. The van der Waals surface area contributed by atoms with Crippen LogP contribution in [0.25, 0.3) is 0 Å². The smallest absolute Gasteiger partial charge is 0.216 e. The zero-order valence-corrected chi connectivity index (χ0v) is 11.6. The lowest BCUT2D eigenvalue weighted by Gasteiger charge is -2.45. The molecule has 0 spiro atoms. The highest BCUT2D eigenvalue weighted by Crippen LogP contribution is 2.57. The summed E-state index contributed by atoms with van der Waals surface area (Å²) in [7, 11) is -16.6. The molecule has 128 valence electrons. The first-order chi connectivity index (χ1) is 8.89. The van der Waals surface area contributed by atoms with Crippen LogP contribution < -0.4 is 0 Å². The average molecular weight is 380 g/mol. The fourth-order valence-electron chi connectivity index (χ4n) is 1.82. The molecule has 0 atom stereocenters. The second-order valence-electron chi connectivity index (χ2n) is 4.13. The first-order valence-corrected chi connectivity index (χ1v) is 10.3. The van der Waals surface area contributed by atoms with E-state index in [4.69, 9.17) is 0 Å². The average Bonchev–Trinajstić information content (AvgIpc) is 2.09. The lowest BCUT2D eigenvalue weighted by molar-refractivity contribution is -0.158. The SMILES string of the molecule is C[Si](C(F)F)(C(F)F)[Si](C(F)(F)F)(C(F)(F)F)C(F)(F)F. The molecule has 0 aromatic rings. The maximum atomic E-state index is 12.6. The van der Waals surface area contributed by atoms with Crippen molar-refractivity contribution in [3.05, 3.63) is 0 Å². The Balaban J connectivity index is 6.99. The Bertz CT molecular complexity index is 318. The third-order valence-corrected chi connectivity index (χ3v) is 17.7. The van der Waals surface area contributed by atoms with Gasteiger partial charge in [0, 0.05) is 0 Å². The third kappa shape index (κ3) is 2.65. The molecule has 0 aliphatic carbocycles. The van der Waals surface area contributed by atoms with Gasteiger partial charge in [0.15, 0.2) is 0 Å². The monoisotopic (exact) mass is 380 g/mol. The quantitative estimate of drug-likeness (QED) is 0.500. The van der Waals surface area contributed by atoms with Gasteiger partial charge in [-0.15, -0.1) is 0 Å². The Morgan fingerprint density at radius 2 is 0.762 bits per heavy atom. The fourth-order valence-corrected chi connectivity index (χ4v) is 12.9. The predicted molar refractivity (Wildman–Crippen MR) is 47.5 cm³/mol. The Labute approximate surface area is 109 Å². The molecule has 0 aromatic heterocycles. The molecule has 0 aliphatic rings. The van der Waals surface area contributed by atoms with Crippen LogP contribution in [-0.2, 0) is 0 Å². The van der Waals surface area contributed by atoms with Gasteiger partial charge < -0.3 is 0 Å². The number of hydrogen-bond acceptors (Lipinski definition) is 0. The summed E-state index contributed by atoms with van der Waals surface area (Å²) in [5.74, 6) is -21.8. The van der Waals surface area contributed by atoms with Gasteiger partial charge >= 0.3 is 25.0 Å². The molecule has 0 aromatic carbocycles. The van der Waals surface area contributed by atoms with E-state index in [9.17, 15) is 57.1 Å². The van der Waals surface area contributed by atoms with Gasteiger partial charge in [-0.1, -0.05) is 6.55 Å². The predicted octanol–water partition coefficient (Wildman–Crippen LogP) is 4.51. The second kappa shape index (κ2) is 5.31. The summed E-state index contributed by atoms with van der Waals surface area (Å²) in [5, 5.41) is 0. The molecule has 15 heteroatoms. The van der Waals surface area contributed by atoms with Gasteiger partial charge in [-0.3, -0.25) is 0 Å². The topological polar surface area (TPSA) is 0 Å². The van der Waals surface area contributed by atoms with Gasteiger partial charge in [0.25, 0.3) is 0 Å². The van der Waals surface area contributed by atoms with E-state index in [1.54, 1.807) is 0 Å². The molecule has 0 heterocycles. The van der Waals surface area contributed by atoms with Crippen LogP contribution in [0, 0.1) is 0 Å². The van der Waals surface area contributed by atoms with Crippen LogP contribution in [0.1, 0.15) is 0 Å². The maximum absolute atomic E-state index is 12.6. The van der Waals surface area contributed by atoms with E-state index >= 15 is 0 Å². The van der Waals surface area contributed by atoms with Crippen LogP contribution >= 0.6 is 0 Å². The fraction of sp³-hybridized carbons (Fsp3) is 1.00. The maximum Gasteiger partial charge on any atom is 0.425 e. The highest BCUT2D eigenvalue weighted by atomic mass is 29.3. The minimum absolute atomic E-state index is 0.900. The van der Waals surface area contributed by atoms with Crippen molar-refractivity contribution in [1.29, 1.82) is 0 Å². The summed E-state index contributed by atoms with van der Waals surface area (Å²) in [4.78, 5) is 0. The van der Waals surface area contributed by atoms with Crippen molar-refractivity contribution in [2.75, 3.05) is 0 Å². The number of hydrogen-bond donors (Lipinski definition) is 0. The first-order valence-electron chi connectivity index (χ1n) is 4.65. The van der Waals surface area contributed by atoms with Crippen molar-refractivity contribution in [3.8, 4) is 0 Å². The van der Waals surface area contributed by atoms with Gasteiger partial charge in [-0.2, -0.15) is 39.5 Å². The molecule has 0 amide bonds. The normalized spacial score (nSPS) is 16.0. The van der Waals surface area contributed by atoms with Crippen LogP contribution in [0.4, 0.5) is 57.1 Å². The molecule has 0 rings (SSSR count). The van der Waals surface area contributed by atoms with Crippen LogP contribution in [0.3, 0.4) is 0 Å². The van der Waals surface area contributed by atoms with E-state index in [0.717, 1.165) is 0 Å². The van der Waals surface area contributed by atoms with E-state index < -0.39 is 51.2 Å². The van der Waals surface area contributed by atoms with Crippen molar-refractivity contribution >= 4 is 15.2 Å². The van der Waals surface area contributed by atoms with Gasteiger partial charge in [0.2, 0.25) is 19.7 Å². The van der Waals surface area contributed by atoms with Gasteiger partial charge in [-0.05, 0) is 0 Å². The standard InChI is InChI=1S/C6H5F13Si2/c1-20(2(7)8,3(9)10)21(4(11,12)13,5(14,15)16)6(17,18)19/h2-3H,1H3. The molecule has 0 saturated heterocycles. The summed E-state index contributed by atoms with van der Waals surface area (Å²) < 4.78 is 163. The summed E-state index contributed by atoms with van der Waals surface area (Å²) >= 11 is 0. The van der Waals surface area contributed by atoms with Gasteiger partial charge in [0.05, 0.1) is 0 Å². The van der Waals surface area contributed by atoms with Crippen molar-refractivity contribution in [1.82, 2.24) is 0 Å². The zero-order chi connectivity index (χ0) is 17.7. The van der Waals surface area contributed by atoms with Gasteiger partial charge in [-0.25, -0.2) is 17.6 Å². The second-order valence-corrected chi connectivity index (χ2v) is 16.2. The van der Waals surface area contributed by atoms with E-state index in [0.29, 0.717) is 0 Å². The highest BCUT2D eigenvalue weighted by Gasteiger charge is 2.97. The summed E-state index contributed by atoms with van der Waals surface area (Å²) in [6, 6.07) is -10.1. The molecule has 0 radical (unpaired) electrons. The number of rotatable bonds is 3. The number of alkyl halides is 13. The molecule has 0 nitrogen and oxygen atoms in total. The molecule has 0 N–H and O–H groups in total. The molecule has 0 saturated carbocycles. The Morgan fingerprint density at radius 3 is 0.810 bits per heavy atom. The molecule has 0 bridgehead atoms. The summed E-state index contributed by atoms with van der Waals surface area (Å²) in [6.07, 6.45) is 0. The molecule has 0 aliphatic heterocycles. The van der Waals surface area contributed by atoms with Crippen LogP contribution in [0.5, 0.6) is 0 Å². The van der Waals surface area contributed by atoms with Crippen molar-refractivity contribution in [3.63, 3.8) is 0 Å². The van der Waals surface area contributed by atoms with Crippen molar-refractivity contribution in [2.24, 2.45) is 0 Å². The molecular formula is C6H5F13Si2. The zero-order valence-electron chi connectivity index (χ0n) is 9.57. The van der Waals surface area contributed by atoms with Crippen molar-refractivity contribution in [2.45, 2.75) is 36.0 Å². The Morgan fingerprint density at radius 1 is 0.571 bits per heavy atom.